The SMILES string of the molecule is C=C1C(=C)[C@H]2C(=C3CN(S(=O)(=O)c4ccc(C)cc4)[C@H](C)[C@H]13)CN(S(=O)(=O)c1ccc(C)cc1)[C@@H]2C. The lowest BCUT2D eigenvalue weighted by atomic mass is 9.70. The van der Waals surface area contributed by atoms with Gasteiger partial charge in [0.1, 0.15) is 0 Å². The van der Waals surface area contributed by atoms with Gasteiger partial charge in [-0.15, -0.1) is 0 Å². The van der Waals surface area contributed by atoms with Crippen molar-refractivity contribution in [2.24, 2.45) is 11.8 Å². The second-order valence-electron chi connectivity index (χ2n) is 10.3. The van der Waals surface area contributed by atoms with E-state index in [-0.39, 0.29) is 46.8 Å². The van der Waals surface area contributed by atoms with Gasteiger partial charge in [-0.25, -0.2) is 16.8 Å². The van der Waals surface area contributed by atoms with Gasteiger partial charge in [0.2, 0.25) is 20.0 Å². The molecule has 0 bridgehead atoms. The minimum absolute atomic E-state index is 0.210. The van der Waals surface area contributed by atoms with Gasteiger partial charge in [-0.1, -0.05) is 48.6 Å². The molecule has 0 saturated carbocycles. The summed E-state index contributed by atoms with van der Waals surface area (Å²) in [6, 6.07) is 13.1. The standard InChI is InChI=1S/C28H32N2O4S2/c1-17-7-11-23(12-8-17)35(31,32)29-15-25-26-16-30(36(33,34)24-13-9-18(2)10-14-24)22(6)28(26)20(4)19(3)27(25)21(29)5/h7-14,21-22,27-28H,3-4,15-16H2,1-2,5-6H3/t21-,22-,27-,28+/m1/s1. The number of aryl methyl sites for hydroxylation is 2. The van der Waals surface area contributed by atoms with E-state index in [0.717, 1.165) is 33.4 Å². The van der Waals surface area contributed by atoms with E-state index >= 15 is 0 Å². The fourth-order valence-electron chi connectivity index (χ4n) is 6.04. The fraction of sp³-hybridized carbons (Fsp3) is 0.357. The molecule has 2 aromatic rings. The first-order valence-electron chi connectivity index (χ1n) is 12.1. The van der Waals surface area contributed by atoms with E-state index in [2.05, 4.69) is 13.2 Å². The average Bonchev–Trinajstić information content (AvgIpc) is 3.36. The van der Waals surface area contributed by atoms with Crippen LogP contribution < -0.4 is 0 Å². The Balaban J connectivity index is 1.56. The first kappa shape index (κ1) is 25.1. The summed E-state index contributed by atoms with van der Waals surface area (Å²) < 4.78 is 57.6. The number of sulfonamides is 2. The van der Waals surface area contributed by atoms with Crippen molar-refractivity contribution in [3.63, 3.8) is 0 Å². The summed E-state index contributed by atoms with van der Waals surface area (Å²) in [4.78, 5) is 0.516. The summed E-state index contributed by atoms with van der Waals surface area (Å²) in [6.07, 6.45) is 0. The van der Waals surface area contributed by atoms with Gasteiger partial charge >= 0.3 is 0 Å². The van der Waals surface area contributed by atoms with Gasteiger partial charge in [-0.2, -0.15) is 8.61 Å². The van der Waals surface area contributed by atoms with Crippen LogP contribution in [-0.2, 0) is 20.0 Å². The van der Waals surface area contributed by atoms with Gasteiger partial charge in [0.15, 0.2) is 0 Å². The van der Waals surface area contributed by atoms with E-state index < -0.39 is 20.0 Å². The summed E-state index contributed by atoms with van der Waals surface area (Å²) in [6.45, 7) is 16.7. The highest BCUT2D eigenvalue weighted by Crippen LogP contribution is 2.52. The Bertz CT molecular complexity index is 1390. The summed E-state index contributed by atoms with van der Waals surface area (Å²) in [5.74, 6) is -0.420. The van der Waals surface area contributed by atoms with Crippen molar-refractivity contribution < 1.29 is 16.8 Å². The van der Waals surface area contributed by atoms with Crippen LogP contribution in [0.3, 0.4) is 0 Å². The topological polar surface area (TPSA) is 74.8 Å². The largest absolute Gasteiger partial charge is 0.243 e. The molecule has 6 nitrogen and oxygen atoms in total. The Morgan fingerprint density at radius 2 is 0.944 bits per heavy atom. The summed E-state index contributed by atoms with van der Waals surface area (Å²) >= 11 is 0. The second kappa shape index (κ2) is 8.52. The minimum atomic E-state index is -3.74. The summed E-state index contributed by atoms with van der Waals surface area (Å²) in [7, 11) is -7.48. The fourth-order valence-corrected chi connectivity index (χ4v) is 9.28. The Morgan fingerprint density at radius 1 is 0.639 bits per heavy atom. The van der Waals surface area contributed by atoms with E-state index in [1.54, 1.807) is 48.5 Å². The lowest BCUT2D eigenvalue weighted by Gasteiger charge is -2.34. The Labute approximate surface area is 214 Å². The number of hydrogen-bond acceptors (Lipinski definition) is 4. The maximum atomic E-state index is 13.6. The van der Waals surface area contributed by atoms with Gasteiger partial charge < -0.3 is 0 Å². The van der Waals surface area contributed by atoms with Gasteiger partial charge in [-0.05, 0) is 74.3 Å². The lowest BCUT2D eigenvalue weighted by molar-refractivity contribution is 0.368. The number of nitrogens with zero attached hydrogens (tertiary/aromatic N) is 2. The third-order valence-corrected chi connectivity index (χ3v) is 12.0. The lowest BCUT2D eigenvalue weighted by Crippen LogP contribution is -2.38. The van der Waals surface area contributed by atoms with Crippen LogP contribution in [-0.4, -0.2) is 50.6 Å². The van der Waals surface area contributed by atoms with Crippen LogP contribution in [0.1, 0.15) is 25.0 Å². The molecule has 2 aliphatic heterocycles. The van der Waals surface area contributed by atoms with Gasteiger partial charge in [0.25, 0.3) is 0 Å². The molecule has 8 heteroatoms. The van der Waals surface area contributed by atoms with Gasteiger partial charge in [0, 0.05) is 37.0 Å². The van der Waals surface area contributed by atoms with Crippen molar-refractivity contribution in [1.82, 2.24) is 8.61 Å². The number of fused-ring (bicyclic) bond motifs is 2. The Hall–Kier alpha value is -2.52. The maximum Gasteiger partial charge on any atom is 0.243 e. The maximum absolute atomic E-state index is 13.6. The second-order valence-corrected chi connectivity index (χ2v) is 14.0. The first-order valence-corrected chi connectivity index (χ1v) is 15.0. The van der Waals surface area contributed by atoms with Crippen LogP contribution in [0.4, 0.5) is 0 Å². The normalized spacial score (nSPS) is 27.4. The third-order valence-electron chi connectivity index (χ3n) is 8.11. The molecule has 0 spiro atoms. The molecule has 1 aliphatic carbocycles. The Kier molecular flexibility index (Phi) is 5.95. The molecule has 2 saturated heterocycles. The zero-order valence-corrected chi connectivity index (χ0v) is 22.7. The molecule has 0 aromatic heterocycles. The molecule has 2 fully saturated rings. The van der Waals surface area contributed by atoms with Crippen LogP contribution >= 0.6 is 0 Å². The third kappa shape index (κ3) is 3.65. The number of hydrogen-bond donors (Lipinski definition) is 0. The van der Waals surface area contributed by atoms with E-state index in [9.17, 15) is 16.8 Å². The van der Waals surface area contributed by atoms with Crippen molar-refractivity contribution in [3.8, 4) is 0 Å². The van der Waals surface area contributed by atoms with Crippen molar-refractivity contribution in [2.45, 2.75) is 49.6 Å². The zero-order chi connectivity index (χ0) is 26.2. The monoisotopic (exact) mass is 524 g/mol. The van der Waals surface area contributed by atoms with Crippen LogP contribution in [0.5, 0.6) is 0 Å². The highest BCUT2D eigenvalue weighted by molar-refractivity contribution is 7.89. The average molecular weight is 525 g/mol. The van der Waals surface area contributed by atoms with Crippen LogP contribution in [0, 0.1) is 25.7 Å². The summed E-state index contributed by atoms with van der Waals surface area (Å²) in [5, 5.41) is 0. The minimum Gasteiger partial charge on any atom is -0.207 e. The molecule has 0 N–H and O–H groups in total. The molecule has 190 valence electrons. The Morgan fingerprint density at radius 3 is 1.25 bits per heavy atom. The summed E-state index contributed by atoms with van der Waals surface area (Å²) in [5.41, 5.74) is 5.51. The molecular formula is C28H32N2O4S2. The van der Waals surface area contributed by atoms with E-state index in [0.29, 0.717) is 0 Å². The molecule has 5 rings (SSSR count). The molecule has 4 atom stereocenters. The van der Waals surface area contributed by atoms with Crippen molar-refractivity contribution in [3.05, 3.63) is 95.1 Å². The van der Waals surface area contributed by atoms with E-state index in [1.807, 2.05) is 27.7 Å². The quantitative estimate of drug-likeness (QED) is 0.554. The van der Waals surface area contributed by atoms with Crippen molar-refractivity contribution >= 4 is 20.0 Å². The highest BCUT2D eigenvalue weighted by Gasteiger charge is 2.53. The molecular weight excluding hydrogens is 492 g/mol. The zero-order valence-electron chi connectivity index (χ0n) is 21.1. The van der Waals surface area contributed by atoms with Gasteiger partial charge in [-0.3, -0.25) is 0 Å². The molecule has 3 aliphatic rings. The van der Waals surface area contributed by atoms with Gasteiger partial charge in [0.05, 0.1) is 9.79 Å². The van der Waals surface area contributed by atoms with Crippen molar-refractivity contribution in [1.29, 1.82) is 0 Å². The predicted octanol–water partition coefficient (Wildman–Crippen LogP) is 4.44. The molecule has 0 unspecified atom stereocenters. The highest BCUT2D eigenvalue weighted by atomic mass is 32.2. The molecule has 0 amide bonds. The number of benzene rings is 2. The van der Waals surface area contributed by atoms with Crippen LogP contribution in [0.15, 0.2) is 93.8 Å². The van der Waals surface area contributed by atoms with E-state index in [4.69, 9.17) is 0 Å². The smallest absolute Gasteiger partial charge is 0.207 e. The molecule has 2 aromatic carbocycles. The number of rotatable bonds is 4. The molecule has 0 radical (unpaired) electrons. The predicted molar refractivity (Wildman–Crippen MR) is 141 cm³/mol. The first-order chi connectivity index (χ1) is 16.9. The van der Waals surface area contributed by atoms with Crippen LogP contribution in [0.2, 0.25) is 0 Å². The van der Waals surface area contributed by atoms with Crippen molar-refractivity contribution in [2.75, 3.05) is 13.1 Å². The van der Waals surface area contributed by atoms with Crippen LogP contribution in [0.25, 0.3) is 0 Å². The molecule has 2 heterocycles. The molecule has 36 heavy (non-hydrogen) atoms. The van der Waals surface area contributed by atoms with E-state index in [1.165, 1.54) is 8.61 Å².